The van der Waals surface area contributed by atoms with Gasteiger partial charge in [-0.05, 0) is 31.2 Å². The van der Waals surface area contributed by atoms with E-state index < -0.39 is 5.82 Å². The highest BCUT2D eigenvalue weighted by atomic mass is 19.1. The van der Waals surface area contributed by atoms with Crippen LogP contribution in [-0.2, 0) is 0 Å². The number of ether oxygens (including phenoxy) is 1. The molecule has 24 heavy (non-hydrogen) atoms. The minimum Gasteiger partial charge on any atom is -0.421 e. The smallest absolute Gasteiger partial charge is 0.321 e. The molecule has 0 bridgehead atoms. The van der Waals surface area contributed by atoms with Gasteiger partial charge in [0, 0.05) is 35.9 Å². The van der Waals surface area contributed by atoms with E-state index in [4.69, 9.17) is 4.74 Å². The zero-order valence-electron chi connectivity index (χ0n) is 12.8. The monoisotopic (exact) mass is 320 g/mol. The molecule has 0 radical (unpaired) electrons. The highest BCUT2D eigenvalue weighted by Crippen LogP contribution is 2.23. The fourth-order valence-electron chi connectivity index (χ4n) is 2.43. The van der Waals surface area contributed by atoms with Gasteiger partial charge >= 0.3 is 6.01 Å². The van der Waals surface area contributed by atoms with Gasteiger partial charge in [-0.15, -0.1) is 0 Å². The summed E-state index contributed by atoms with van der Waals surface area (Å²) in [6, 6.07) is 10.1. The Balaban J connectivity index is 1.61. The Morgan fingerprint density at radius 1 is 0.958 bits per heavy atom. The van der Waals surface area contributed by atoms with Gasteiger partial charge in [-0.2, -0.15) is 0 Å². The van der Waals surface area contributed by atoms with Crippen molar-refractivity contribution < 1.29 is 9.13 Å². The molecule has 0 atom stereocenters. The first-order valence-electron chi connectivity index (χ1n) is 7.39. The van der Waals surface area contributed by atoms with Crippen molar-refractivity contribution >= 4 is 5.65 Å². The maximum Gasteiger partial charge on any atom is 0.321 e. The fourth-order valence-corrected chi connectivity index (χ4v) is 2.43. The minimum atomic E-state index is -0.453. The van der Waals surface area contributed by atoms with E-state index >= 15 is 0 Å². The number of hydrogen-bond donors (Lipinski definition) is 0. The van der Waals surface area contributed by atoms with Gasteiger partial charge in [-0.1, -0.05) is 12.1 Å². The van der Waals surface area contributed by atoms with Gasteiger partial charge < -0.3 is 9.14 Å². The topological polar surface area (TPSA) is 52.3 Å². The van der Waals surface area contributed by atoms with Crippen LogP contribution in [0.3, 0.4) is 0 Å². The number of halogens is 1. The van der Waals surface area contributed by atoms with Crippen LogP contribution in [0.25, 0.3) is 16.8 Å². The third kappa shape index (κ3) is 2.69. The molecule has 0 aliphatic heterocycles. The van der Waals surface area contributed by atoms with E-state index in [0.717, 1.165) is 22.5 Å². The summed E-state index contributed by atoms with van der Waals surface area (Å²) in [7, 11) is 0. The van der Waals surface area contributed by atoms with Crippen molar-refractivity contribution in [2.75, 3.05) is 0 Å². The lowest BCUT2D eigenvalue weighted by atomic mass is 10.1. The molecule has 3 heterocycles. The summed E-state index contributed by atoms with van der Waals surface area (Å²) in [6.07, 6.45) is 7.21. The van der Waals surface area contributed by atoms with E-state index in [2.05, 4.69) is 15.0 Å². The average Bonchev–Trinajstić information content (AvgIpc) is 2.97. The molecule has 1 aromatic carbocycles. The fraction of sp³-hybridized carbons (Fsp3) is 0.0556. The second-order valence-corrected chi connectivity index (χ2v) is 5.35. The van der Waals surface area contributed by atoms with Crippen molar-refractivity contribution in [3.8, 4) is 22.9 Å². The van der Waals surface area contributed by atoms with Crippen LogP contribution in [0.1, 0.15) is 5.69 Å². The van der Waals surface area contributed by atoms with Crippen LogP contribution in [0.2, 0.25) is 0 Å². The second-order valence-electron chi connectivity index (χ2n) is 5.35. The Hall–Kier alpha value is -3.28. The SMILES string of the molecule is Cc1cn2cc(-c3cnc(Oc4ccccc4F)nc3)ccc2n1. The van der Waals surface area contributed by atoms with E-state index in [0.29, 0.717) is 0 Å². The lowest BCUT2D eigenvalue weighted by Crippen LogP contribution is -1.94. The van der Waals surface area contributed by atoms with E-state index in [1.165, 1.54) is 12.1 Å². The predicted molar refractivity (Wildman–Crippen MR) is 87.4 cm³/mol. The molecule has 0 amide bonds. The Morgan fingerprint density at radius 3 is 2.54 bits per heavy atom. The number of aromatic nitrogens is 4. The number of hydrogen-bond acceptors (Lipinski definition) is 4. The number of aryl methyl sites for hydroxylation is 1. The van der Waals surface area contributed by atoms with Gasteiger partial charge in [-0.25, -0.2) is 19.3 Å². The molecule has 0 saturated carbocycles. The van der Waals surface area contributed by atoms with Gasteiger partial charge in [-0.3, -0.25) is 0 Å². The highest BCUT2D eigenvalue weighted by Gasteiger charge is 2.07. The number of fused-ring (bicyclic) bond motifs is 1. The third-order valence-corrected chi connectivity index (χ3v) is 3.57. The van der Waals surface area contributed by atoms with Crippen LogP contribution in [0.15, 0.2) is 61.2 Å². The molecule has 0 aliphatic rings. The zero-order valence-corrected chi connectivity index (χ0v) is 12.8. The summed E-state index contributed by atoms with van der Waals surface area (Å²) in [5.41, 5.74) is 3.63. The molecule has 4 rings (SSSR count). The van der Waals surface area contributed by atoms with Crippen molar-refractivity contribution in [2.24, 2.45) is 0 Å². The van der Waals surface area contributed by atoms with Gasteiger partial charge in [0.2, 0.25) is 0 Å². The summed E-state index contributed by atoms with van der Waals surface area (Å²) in [6.45, 7) is 1.95. The van der Waals surface area contributed by atoms with Crippen LogP contribution in [0, 0.1) is 12.7 Å². The third-order valence-electron chi connectivity index (χ3n) is 3.57. The van der Waals surface area contributed by atoms with Gasteiger partial charge in [0.15, 0.2) is 11.6 Å². The van der Waals surface area contributed by atoms with Crippen LogP contribution < -0.4 is 4.74 Å². The van der Waals surface area contributed by atoms with E-state index in [-0.39, 0.29) is 11.8 Å². The quantitative estimate of drug-likeness (QED) is 0.572. The Morgan fingerprint density at radius 2 is 1.75 bits per heavy atom. The van der Waals surface area contributed by atoms with Crippen molar-refractivity contribution in [3.63, 3.8) is 0 Å². The van der Waals surface area contributed by atoms with Crippen LogP contribution >= 0.6 is 0 Å². The van der Waals surface area contributed by atoms with Crippen LogP contribution in [0.4, 0.5) is 4.39 Å². The van der Waals surface area contributed by atoms with Gasteiger partial charge in [0.1, 0.15) is 5.65 Å². The molecular weight excluding hydrogens is 307 g/mol. The van der Waals surface area contributed by atoms with Crippen molar-refractivity contribution in [1.82, 2.24) is 19.4 Å². The van der Waals surface area contributed by atoms with Crippen LogP contribution in [-0.4, -0.2) is 19.4 Å². The van der Waals surface area contributed by atoms with Crippen LogP contribution in [0.5, 0.6) is 11.8 Å². The standard InChI is InChI=1S/C18H13FN4O/c1-12-10-23-11-13(6-7-17(23)22-12)14-8-20-18(21-9-14)24-16-5-3-2-4-15(16)19/h2-11H,1H3. The summed E-state index contributed by atoms with van der Waals surface area (Å²) in [5.74, 6) is -0.355. The first-order chi connectivity index (χ1) is 11.7. The molecule has 0 unspecified atom stereocenters. The van der Waals surface area contributed by atoms with Crippen molar-refractivity contribution in [1.29, 1.82) is 0 Å². The summed E-state index contributed by atoms with van der Waals surface area (Å²) in [4.78, 5) is 12.7. The second kappa shape index (κ2) is 5.73. The Labute approximate surface area is 137 Å². The zero-order chi connectivity index (χ0) is 16.5. The normalized spacial score (nSPS) is 10.9. The molecule has 0 aliphatic carbocycles. The minimum absolute atomic E-state index is 0.0977. The first-order valence-corrected chi connectivity index (χ1v) is 7.39. The summed E-state index contributed by atoms with van der Waals surface area (Å²) in [5, 5.41) is 0. The number of para-hydroxylation sites is 1. The maximum atomic E-state index is 13.6. The van der Waals surface area contributed by atoms with Gasteiger partial charge in [0.25, 0.3) is 0 Å². The van der Waals surface area contributed by atoms with Crippen molar-refractivity contribution in [2.45, 2.75) is 6.92 Å². The Bertz CT molecular complexity index is 1010. The Kier molecular flexibility index (Phi) is 3.42. The summed E-state index contributed by atoms with van der Waals surface area (Å²) >= 11 is 0. The number of rotatable bonds is 3. The largest absolute Gasteiger partial charge is 0.421 e. The first kappa shape index (κ1) is 14.3. The number of pyridine rings is 1. The lowest BCUT2D eigenvalue weighted by molar-refractivity contribution is 0.411. The van der Waals surface area contributed by atoms with E-state index in [9.17, 15) is 4.39 Å². The maximum absolute atomic E-state index is 13.6. The van der Waals surface area contributed by atoms with E-state index in [1.54, 1.807) is 24.5 Å². The number of benzene rings is 1. The molecule has 5 nitrogen and oxygen atoms in total. The van der Waals surface area contributed by atoms with E-state index in [1.807, 2.05) is 35.9 Å². The molecule has 0 N–H and O–H groups in total. The molecule has 6 heteroatoms. The van der Waals surface area contributed by atoms with Crippen molar-refractivity contribution in [3.05, 3.63) is 72.7 Å². The average molecular weight is 320 g/mol. The molecule has 118 valence electrons. The molecule has 0 saturated heterocycles. The molecule has 4 aromatic rings. The molecule has 0 fully saturated rings. The summed E-state index contributed by atoms with van der Waals surface area (Å²) < 4.78 is 20.9. The number of nitrogens with zero attached hydrogens (tertiary/aromatic N) is 4. The molecular formula is C18H13FN4O. The number of imidazole rings is 1. The molecule has 3 aromatic heterocycles. The predicted octanol–water partition coefficient (Wildman–Crippen LogP) is 4.03. The highest BCUT2D eigenvalue weighted by molar-refractivity contribution is 5.63. The van der Waals surface area contributed by atoms with Gasteiger partial charge in [0.05, 0.1) is 5.69 Å². The lowest BCUT2D eigenvalue weighted by Gasteiger charge is -2.06. The molecule has 0 spiro atoms.